The molecule has 1 fully saturated rings. The van der Waals surface area contributed by atoms with E-state index in [1.54, 1.807) is 12.0 Å². The van der Waals surface area contributed by atoms with Gasteiger partial charge >= 0.3 is 0 Å². The van der Waals surface area contributed by atoms with Gasteiger partial charge in [-0.05, 0) is 37.8 Å². The van der Waals surface area contributed by atoms with Gasteiger partial charge in [-0.1, -0.05) is 18.2 Å². The summed E-state index contributed by atoms with van der Waals surface area (Å²) in [4.78, 5) is 31.8. The van der Waals surface area contributed by atoms with Crippen LogP contribution in [-0.4, -0.2) is 59.8 Å². The zero-order valence-electron chi connectivity index (χ0n) is 17.0. The molecule has 1 saturated heterocycles. The van der Waals surface area contributed by atoms with Gasteiger partial charge < -0.3 is 14.6 Å². The molecule has 1 aromatic carbocycles. The van der Waals surface area contributed by atoms with E-state index in [1.807, 2.05) is 55.0 Å². The number of hydrogen-bond donors (Lipinski definition) is 1. The minimum Gasteiger partial charge on any atom is -0.383 e. The first-order valence-electron chi connectivity index (χ1n) is 9.68. The van der Waals surface area contributed by atoms with E-state index in [0.29, 0.717) is 31.1 Å². The van der Waals surface area contributed by atoms with Gasteiger partial charge in [0.15, 0.2) is 5.17 Å². The number of amidine groups is 1. The highest BCUT2D eigenvalue weighted by atomic mass is 32.2. The Balaban J connectivity index is 1.91. The van der Waals surface area contributed by atoms with Crippen LogP contribution in [0.1, 0.15) is 19.4 Å². The average Bonchev–Trinajstić information content (AvgIpc) is 3.20. The Morgan fingerprint density at radius 2 is 2.10 bits per heavy atom. The number of aromatic nitrogens is 1. The molecule has 0 saturated carbocycles. The number of thioether (sulfide) groups is 1. The Labute approximate surface area is 174 Å². The topological polar surface area (TPSA) is 75.9 Å². The smallest absolute Gasteiger partial charge is 0.266 e. The molecule has 0 bridgehead atoms. The number of rotatable bonds is 8. The fourth-order valence-corrected chi connectivity index (χ4v) is 4.30. The zero-order chi connectivity index (χ0) is 20.8. The highest BCUT2D eigenvalue weighted by molar-refractivity contribution is 8.18. The fraction of sp³-hybridized carbons (Fsp3) is 0.381. The number of para-hydroxylation sites is 1. The lowest BCUT2D eigenvalue weighted by Gasteiger charge is -2.11. The van der Waals surface area contributed by atoms with Crippen LogP contribution in [0.25, 0.3) is 17.0 Å². The summed E-state index contributed by atoms with van der Waals surface area (Å²) in [6, 6.07) is 7.88. The van der Waals surface area contributed by atoms with Crippen molar-refractivity contribution < 1.29 is 14.3 Å². The number of ether oxygens (including phenoxy) is 1. The molecule has 154 valence electrons. The standard InChI is InChI=1S/C21H26N4O3S/c1-4-22-21-25(5-2)20(27)18(29-21)12-15-13-24(14-19(26)23-10-11-28-3)17-9-7-6-8-16(15)17/h6-9,12-13H,4-5,10-11,14H2,1-3H3,(H,23,26)/b18-12-,22-21?. The van der Waals surface area contributed by atoms with Crippen molar-refractivity contribution >= 4 is 45.7 Å². The van der Waals surface area contributed by atoms with Crippen molar-refractivity contribution in [3.8, 4) is 0 Å². The number of aliphatic imine (C=N–C) groups is 1. The van der Waals surface area contributed by atoms with E-state index in [1.165, 1.54) is 11.8 Å². The Morgan fingerprint density at radius 1 is 1.31 bits per heavy atom. The zero-order valence-corrected chi connectivity index (χ0v) is 17.8. The van der Waals surface area contributed by atoms with Gasteiger partial charge in [0.05, 0.1) is 11.5 Å². The molecular weight excluding hydrogens is 388 g/mol. The van der Waals surface area contributed by atoms with Crippen molar-refractivity contribution in [2.24, 2.45) is 4.99 Å². The van der Waals surface area contributed by atoms with Crippen LogP contribution in [0.5, 0.6) is 0 Å². The number of methoxy groups -OCH3 is 1. The molecular formula is C21H26N4O3S. The van der Waals surface area contributed by atoms with Crippen molar-refractivity contribution in [3.63, 3.8) is 0 Å². The predicted octanol–water partition coefficient (Wildman–Crippen LogP) is 2.72. The molecule has 0 atom stereocenters. The van der Waals surface area contributed by atoms with Crippen molar-refractivity contribution in [2.75, 3.05) is 33.4 Å². The summed E-state index contributed by atoms with van der Waals surface area (Å²) >= 11 is 1.40. The van der Waals surface area contributed by atoms with E-state index in [-0.39, 0.29) is 18.4 Å². The molecule has 7 nitrogen and oxygen atoms in total. The number of amides is 2. The first kappa shape index (κ1) is 21.1. The highest BCUT2D eigenvalue weighted by Gasteiger charge is 2.32. The van der Waals surface area contributed by atoms with Crippen LogP contribution >= 0.6 is 11.8 Å². The van der Waals surface area contributed by atoms with Gasteiger partial charge in [0.25, 0.3) is 5.91 Å². The molecule has 29 heavy (non-hydrogen) atoms. The second kappa shape index (κ2) is 9.76. The Bertz CT molecular complexity index is 964. The summed E-state index contributed by atoms with van der Waals surface area (Å²) < 4.78 is 6.88. The minimum atomic E-state index is -0.0807. The number of benzene rings is 1. The van der Waals surface area contributed by atoms with E-state index in [0.717, 1.165) is 21.6 Å². The van der Waals surface area contributed by atoms with Crippen LogP contribution < -0.4 is 5.32 Å². The van der Waals surface area contributed by atoms with E-state index in [9.17, 15) is 9.59 Å². The fourth-order valence-electron chi connectivity index (χ4n) is 3.21. The van der Waals surface area contributed by atoms with Gasteiger partial charge in [-0.2, -0.15) is 0 Å². The normalized spacial score (nSPS) is 17.1. The van der Waals surface area contributed by atoms with Crippen LogP contribution in [0.2, 0.25) is 0 Å². The summed E-state index contributed by atoms with van der Waals surface area (Å²) in [7, 11) is 1.60. The van der Waals surface area contributed by atoms with Crippen molar-refractivity contribution in [1.82, 2.24) is 14.8 Å². The van der Waals surface area contributed by atoms with E-state index in [2.05, 4.69) is 10.3 Å². The summed E-state index contributed by atoms with van der Waals surface area (Å²) in [6.07, 6.45) is 3.82. The molecule has 1 aromatic heterocycles. The lowest BCUT2D eigenvalue weighted by Crippen LogP contribution is -2.30. The predicted molar refractivity (Wildman–Crippen MR) is 118 cm³/mol. The van der Waals surface area contributed by atoms with Gasteiger partial charge in [-0.15, -0.1) is 0 Å². The lowest BCUT2D eigenvalue weighted by molar-refractivity contribution is -0.122. The number of carbonyl (C=O) groups is 2. The SMILES string of the molecule is CCN=C1S/C(=C\c2cn(CC(=O)NCCOC)c3ccccc23)C(=O)N1CC. The van der Waals surface area contributed by atoms with Crippen LogP contribution in [0, 0.1) is 0 Å². The maximum atomic E-state index is 12.8. The lowest BCUT2D eigenvalue weighted by atomic mass is 10.1. The minimum absolute atomic E-state index is 0.0289. The maximum absolute atomic E-state index is 12.8. The molecule has 2 amide bonds. The number of likely N-dealkylation sites (N-methyl/N-ethyl adjacent to an activating group) is 1. The molecule has 2 aromatic rings. The Morgan fingerprint density at radius 3 is 2.83 bits per heavy atom. The second-order valence-corrected chi connectivity index (χ2v) is 7.50. The third-order valence-corrected chi connectivity index (χ3v) is 5.59. The van der Waals surface area contributed by atoms with Crippen molar-refractivity contribution in [2.45, 2.75) is 20.4 Å². The van der Waals surface area contributed by atoms with Gasteiger partial charge in [0, 0.05) is 49.4 Å². The van der Waals surface area contributed by atoms with E-state index >= 15 is 0 Å². The third-order valence-electron chi connectivity index (χ3n) is 4.55. The monoisotopic (exact) mass is 414 g/mol. The summed E-state index contributed by atoms with van der Waals surface area (Å²) in [5, 5.41) is 4.58. The quantitative estimate of drug-likeness (QED) is 0.532. The molecule has 2 heterocycles. The molecule has 3 rings (SSSR count). The maximum Gasteiger partial charge on any atom is 0.266 e. The molecule has 0 unspecified atom stereocenters. The first-order chi connectivity index (χ1) is 14.1. The number of carbonyl (C=O) groups excluding carboxylic acids is 2. The van der Waals surface area contributed by atoms with Crippen LogP contribution in [0.3, 0.4) is 0 Å². The number of nitrogens with one attached hydrogen (secondary N) is 1. The molecule has 1 aliphatic rings. The van der Waals surface area contributed by atoms with Crippen LogP contribution in [-0.2, 0) is 20.9 Å². The molecule has 8 heteroatoms. The molecule has 1 aliphatic heterocycles. The average molecular weight is 415 g/mol. The van der Waals surface area contributed by atoms with Crippen LogP contribution in [0.4, 0.5) is 0 Å². The van der Waals surface area contributed by atoms with Crippen molar-refractivity contribution in [3.05, 3.63) is 40.9 Å². The molecule has 0 radical (unpaired) electrons. The van der Waals surface area contributed by atoms with Gasteiger partial charge in [-0.25, -0.2) is 0 Å². The highest BCUT2D eigenvalue weighted by Crippen LogP contribution is 2.34. The van der Waals surface area contributed by atoms with Crippen LogP contribution in [0.15, 0.2) is 40.4 Å². The Hall–Kier alpha value is -2.58. The van der Waals surface area contributed by atoms with E-state index < -0.39 is 0 Å². The second-order valence-electron chi connectivity index (χ2n) is 6.49. The molecule has 1 N–H and O–H groups in total. The van der Waals surface area contributed by atoms with Gasteiger partial charge in [0.1, 0.15) is 6.54 Å². The summed E-state index contributed by atoms with van der Waals surface area (Å²) in [5.74, 6) is -0.110. The number of fused-ring (bicyclic) bond motifs is 1. The van der Waals surface area contributed by atoms with E-state index in [4.69, 9.17) is 4.74 Å². The summed E-state index contributed by atoms with van der Waals surface area (Å²) in [6.45, 7) is 6.29. The largest absolute Gasteiger partial charge is 0.383 e. The van der Waals surface area contributed by atoms with Crippen molar-refractivity contribution in [1.29, 1.82) is 0 Å². The Kier molecular flexibility index (Phi) is 7.11. The number of nitrogens with zero attached hydrogens (tertiary/aromatic N) is 3. The number of hydrogen-bond acceptors (Lipinski definition) is 5. The third kappa shape index (κ3) is 4.71. The van der Waals surface area contributed by atoms with Gasteiger partial charge in [0.2, 0.25) is 5.91 Å². The summed E-state index contributed by atoms with van der Waals surface area (Å²) in [5.41, 5.74) is 1.86. The molecule has 0 spiro atoms. The first-order valence-corrected chi connectivity index (χ1v) is 10.5. The molecule has 0 aliphatic carbocycles. The van der Waals surface area contributed by atoms with Gasteiger partial charge in [-0.3, -0.25) is 19.5 Å².